The number of benzene rings is 1. The van der Waals surface area contributed by atoms with Crippen LogP contribution < -0.4 is 4.74 Å². The Labute approximate surface area is 255 Å². The maximum absolute atomic E-state index is 14.4. The SMILES string of the molecule is CCCCOC[C@H]1O[C@@](OC)(C(=O)c2ccc(OCCCC)cc2)[C@H](OCCCC)[C@@H](OCCCC)[C@@H]1OCCCC. The van der Waals surface area contributed by atoms with Crippen molar-refractivity contribution in [3.63, 3.8) is 0 Å². The zero-order valence-corrected chi connectivity index (χ0v) is 27.2. The fourth-order valence-corrected chi connectivity index (χ4v) is 4.88. The number of ether oxygens (including phenoxy) is 7. The maximum atomic E-state index is 14.4. The van der Waals surface area contributed by atoms with Crippen molar-refractivity contribution in [1.29, 1.82) is 0 Å². The van der Waals surface area contributed by atoms with Crippen LogP contribution >= 0.6 is 0 Å². The molecule has 1 aromatic carbocycles. The van der Waals surface area contributed by atoms with Crippen LogP contribution in [-0.2, 0) is 28.4 Å². The highest BCUT2D eigenvalue weighted by molar-refractivity contribution is 6.02. The van der Waals surface area contributed by atoms with Gasteiger partial charge in [0.05, 0.1) is 13.2 Å². The molecule has 1 fully saturated rings. The van der Waals surface area contributed by atoms with Gasteiger partial charge in [0.25, 0.3) is 5.79 Å². The Morgan fingerprint density at radius 1 is 0.714 bits per heavy atom. The lowest BCUT2D eigenvalue weighted by atomic mass is 9.86. The van der Waals surface area contributed by atoms with Gasteiger partial charge in [-0.2, -0.15) is 0 Å². The summed E-state index contributed by atoms with van der Waals surface area (Å²) >= 11 is 0. The Bertz CT molecular complexity index is 831. The van der Waals surface area contributed by atoms with Crippen LogP contribution in [0, 0.1) is 0 Å². The average molecular weight is 595 g/mol. The van der Waals surface area contributed by atoms with E-state index in [-0.39, 0.29) is 12.4 Å². The van der Waals surface area contributed by atoms with Crippen molar-refractivity contribution < 1.29 is 38.0 Å². The molecule has 1 saturated heterocycles. The molecule has 1 aliphatic rings. The molecule has 1 aliphatic heterocycles. The first-order valence-electron chi connectivity index (χ1n) is 16.5. The number of Topliss-reactive ketones (excluding diaryl/α,β-unsaturated/α-hetero) is 1. The Kier molecular flexibility index (Phi) is 18.5. The van der Waals surface area contributed by atoms with Gasteiger partial charge in [-0.15, -0.1) is 0 Å². The smallest absolute Gasteiger partial charge is 0.263 e. The minimum absolute atomic E-state index is 0.259. The lowest BCUT2D eigenvalue weighted by Crippen LogP contribution is -2.70. The quantitative estimate of drug-likeness (QED) is 0.0921. The highest BCUT2D eigenvalue weighted by Crippen LogP contribution is 2.39. The molecule has 0 spiro atoms. The van der Waals surface area contributed by atoms with Gasteiger partial charge in [-0.05, 0) is 56.4 Å². The molecule has 2 rings (SSSR count). The Morgan fingerprint density at radius 2 is 1.24 bits per heavy atom. The molecule has 0 aromatic heterocycles. The van der Waals surface area contributed by atoms with Gasteiger partial charge >= 0.3 is 0 Å². The van der Waals surface area contributed by atoms with Crippen LogP contribution in [0.25, 0.3) is 0 Å². The second-order valence-corrected chi connectivity index (χ2v) is 11.0. The van der Waals surface area contributed by atoms with Crippen LogP contribution in [0.5, 0.6) is 5.75 Å². The second-order valence-electron chi connectivity index (χ2n) is 11.0. The summed E-state index contributed by atoms with van der Waals surface area (Å²) in [7, 11) is 1.51. The summed E-state index contributed by atoms with van der Waals surface area (Å²) in [5.41, 5.74) is 0.451. The maximum Gasteiger partial charge on any atom is 0.263 e. The molecule has 0 aliphatic carbocycles. The first-order chi connectivity index (χ1) is 20.5. The summed E-state index contributed by atoms with van der Waals surface area (Å²) in [5.74, 6) is -1.33. The molecule has 242 valence electrons. The fourth-order valence-electron chi connectivity index (χ4n) is 4.88. The largest absolute Gasteiger partial charge is 0.494 e. The molecule has 0 radical (unpaired) electrons. The molecule has 0 bridgehead atoms. The lowest BCUT2D eigenvalue weighted by molar-refractivity contribution is -0.349. The first kappa shape index (κ1) is 36.6. The number of carbonyl (C=O) groups is 1. The summed E-state index contributed by atoms with van der Waals surface area (Å²) < 4.78 is 44.2. The van der Waals surface area contributed by atoms with Crippen molar-refractivity contribution in [3.8, 4) is 5.75 Å². The fraction of sp³-hybridized carbons (Fsp3) is 0.794. The van der Waals surface area contributed by atoms with E-state index in [1.165, 1.54) is 7.11 Å². The summed E-state index contributed by atoms with van der Waals surface area (Å²) in [5, 5.41) is 0. The Morgan fingerprint density at radius 3 is 1.81 bits per heavy atom. The van der Waals surface area contributed by atoms with E-state index in [1.807, 2.05) is 12.1 Å². The van der Waals surface area contributed by atoms with Gasteiger partial charge in [0.1, 0.15) is 30.2 Å². The lowest BCUT2D eigenvalue weighted by Gasteiger charge is -2.51. The van der Waals surface area contributed by atoms with E-state index in [1.54, 1.807) is 12.1 Å². The van der Waals surface area contributed by atoms with E-state index in [9.17, 15) is 4.79 Å². The predicted octanol–water partition coefficient (Wildman–Crippen LogP) is 7.16. The molecule has 1 aromatic rings. The zero-order chi connectivity index (χ0) is 30.6. The first-order valence-corrected chi connectivity index (χ1v) is 16.5. The van der Waals surface area contributed by atoms with Crippen molar-refractivity contribution in [2.75, 3.05) is 46.8 Å². The van der Waals surface area contributed by atoms with Crippen molar-refractivity contribution in [1.82, 2.24) is 0 Å². The summed E-state index contributed by atoms with van der Waals surface area (Å²) in [6.45, 7) is 13.6. The third-order valence-corrected chi connectivity index (χ3v) is 7.53. The molecule has 0 saturated carbocycles. The molecule has 42 heavy (non-hydrogen) atoms. The van der Waals surface area contributed by atoms with Crippen LogP contribution in [0.2, 0.25) is 0 Å². The summed E-state index contributed by atoms with van der Waals surface area (Å²) in [6, 6.07) is 7.17. The predicted molar refractivity (Wildman–Crippen MR) is 165 cm³/mol. The van der Waals surface area contributed by atoms with Crippen molar-refractivity contribution >= 4 is 5.78 Å². The summed E-state index contributed by atoms with van der Waals surface area (Å²) in [6.07, 6.45) is 7.06. The number of carbonyl (C=O) groups excluding carboxylic acids is 1. The van der Waals surface area contributed by atoms with Crippen LogP contribution in [0.4, 0.5) is 0 Å². The second kappa shape index (κ2) is 21.2. The average Bonchev–Trinajstić information content (AvgIpc) is 3.01. The van der Waals surface area contributed by atoms with Gasteiger partial charge in [0, 0.05) is 39.1 Å². The van der Waals surface area contributed by atoms with E-state index in [4.69, 9.17) is 33.2 Å². The van der Waals surface area contributed by atoms with Crippen molar-refractivity contribution in [3.05, 3.63) is 29.8 Å². The molecule has 5 atom stereocenters. The van der Waals surface area contributed by atoms with E-state index < -0.39 is 30.2 Å². The van der Waals surface area contributed by atoms with Gasteiger partial charge in [0.15, 0.2) is 0 Å². The Balaban J connectivity index is 2.51. The van der Waals surface area contributed by atoms with Gasteiger partial charge in [0.2, 0.25) is 5.78 Å². The number of hydrogen-bond donors (Lipinski definition) is 0. The van der Waals surface area contributed by atoms with Crippen molar-refractivity contribution in [2.45, 2.75) is 129 Å². The third-order valence-electron chi connectivity index (χ3n) is 7.53. The monoisotopic (exact) mass is 594 g/mol. The number of ketones is 1. The third kappa shape index (κ3) is 10.9. The van der Waals surface area contributed by atoms with Crippen LogP contribution in [-0.4, -0.2) is 82.7 Å². The number of hydrogen-bond acceptors (Lipinski definition) is 8. The normalized spacial score (nSPS) is 24.1. The van der Waals surface area contributed by atoms with Gasteiger partial charge < -0.3 is 33.2 Å². The molecular formula is C34H58O8. The van der Waals surface area contributed by atoms with Gasteiger partial charge in [-0.25, -0.2) is 0 Å². The minimum atomic E-state index is -1.74. The van der Waals surface area contributed by atoms with E-state index in [2.05, 4.69) is 34.6 Å². The van der Waals surface area contributed by atoms with Gasteiger partial charge in [-0.1, -0.05) is 66.7 Å². The standard InChI is InChI=1S/C34H58O8/c1-7-12-21-37-26-29-30(39-23-14-9-3)31(40-24-15-10-4)33(41-25-16-11-5)34(36-6,42-29)32(35)27-17-19-28(20-18-27)38-22-13-8-2/h17-20,29-31,33H,7-16,21-26H2,1-6H3/t29-,30-,31+,33-,34+/m1/s1. The highest BCUT2D eigenvalue weighted by atomic mass is 16.7. The molecule has 8 heteroatoms. The zero-order valence-electron chi connectivity index (χ0n) is 27.2. The number of unbranched alkanes of at least 4 members (excludes halogenated alkanes) is 5. The van der Waals surface area contributed by atoms with Crippen LogP contribution in [0.3, 0.4) is 0 Å². The molecule has 0 unspecified atom stereocenters. The minimum Gasteiger partial charge on any atom is -0.494 e. The molecule has 1 heterocycles. The van der Waals surface area contributed by atoms with E-state index in [0.717, 1.165) is 70.0 Å². The topological polar surface area (TPSA) is 81.7 Å². The van der Waals surface area contributed by atoms with Crippen LogP contribution in [0.15, 0.2) is 24.3 Å². The van der Waals surface area contributed by atoms with Gasteiger partial charge in [-0.3, -0.25) is 4.79 Å². The van der Waals surface area contributed by atoms with Crippen molar-refractivity contribution in [2.24, 2.45) is 0 Å². The summed E-state index contributed by atoms with van der Waals surface area (Å²) in [4.78, 5) is 14.4. The Hall–Kier alpha value is -1.55. The number of rotatable bonds is 24. The number of methoxy groups -OCH3 is 1. The molecule has 0 amide bonds. The van der Waals surface area contributed by atoms with E-state index in [0.29, 0.717) is 38.6 Å². The van der Waals surface area contributed by atoms with Crippen LogP contribution in [0.1, 0.15) is 109 Å². The molecular weight excluding hydrogens is 536 g/mol. The highest BCUT2D eigenvalue weighted by Gasteiger charge is 2.61. The molecule has 0 N–H and O–H groups in total. The molecule has 8 nitrogen and oxygen atoms in total. The van der Waals surface area contributed by atoms with E-state index >= 15 is 0 Å².